The summed E-state index contributed by atoms with van der Waals surface area (Å²) >= 11 is 3.23. The van der Waals surface area contributed by atoms with Crippen molar-refractivity contribution in [3.8, 4) is 0 Å². The lowest BCUT2D eigenvalue weighted by Crippen LogP contribution is -2.18. The molecule has 0 N–H and O–H groups in total. The van der Waals surface area contributed by atoms with Crippen LogP contribution in [-0.2, 0) is 0 Å². The van der Waals surface area contributed by atoms with Crippen LogP contribution in [-0.4, -0.2) is 16.2 Å². The summed E-state index contributed by atoms with van der Waals surface area (Å²) in [6.07, 6.45) is 0. The summed E-state index contributed by atoms with van der Waals surface area (Å²) in [7, 11) is 0. The van der Waals surface area contributed by atoms with Gasteiger partial charge in [0.15, 0.2) is 0 Å². The Morgan fingerprint density at radius 2 is 1.74 bits per heavy atom. The van der Waals surface area contributed by atoms with Crippen molar-refractivity contribution >= 4 is 33.1 Å². The van der Waals surface area contributed by atoms with Gasteiger partial charge in [-0.25, -0.2) is 4.39 Å². The van der Waals surface area contributed by atoms with E-state index >= 15 is 0 Å². The van der Waals surface area contributed by atoms with Gasteiger partial charge in [-0.3, -0.25) is 4.79 Å². The molecular weight excluding hydrogens is 313 g/mol. The molecule has 0 spiro atoms. The highest BCUT2D eigenvalue weighted by molar-refractivity contribution is 9.10. The number of para-hydroxylation sites is 1. The van der Waals surface area contributed by atoms with Gasteiger partial charge in [0.25, 0.3) is 11.5 Å². The van der Waals surface area contributed by atoms with Crippen LogP contribution in [0.15, 0.2) is 46.9 Å². The molecule has 3 nitrogen and oxygen atoms in total. The van der Waals surface area contributed by atoms with E-state index in [9.17, 15) is 14.4 Å². The Balaban J connectivity index is 2.29. The van der Waals surface area contributed by atoms with Gasteiger partial charge in [0.05, 0.1) is 10.0 Å². The molecule has 0 aliphatic carbocycles. The van der Waals surface area contributed by atoms with Gasteiger partial charge in [-0.1, -0.05) is 18.2 Å². The third kappa shape index (κ3) is 1.69. The van der Waals surface area contributed by atoms with Crippen molar-refractivity contribution in [1.29, 1.82) is 0 Å². The van der Waals surface area contributed by atoms with Gasteiger partial charge in [-0.2, -0.15) is 4.74 Å². The number of fused-ring (bicyclic) bond motifs is 1. The SMILES string of the molecule is O=C1C(c2ccccc2F)=[N+]([O-])c2c(Br)cccc21. The van der Waals surface area contributed by atoms with Crippen LogP contribution in [0.1, 0.15) is 15.9 Å². The number of halogens is 2. The van der Waals surface area contributed by atoms with E-state index < -0.39 is 11.6 Å². The summed E-state index contributed by atoms with van der Waals surface area (Å²) in [6, 6.07) is 10.6. The Morgan fingerprint density at radius 1 is 1.05 bits per heavy atom. The fourth-order valence-electron chi connectivity index (χ4n) is 2.12. The molecule has 1 aliphatic rings. The minimum Gasteiger partial charge on any atom is -0.618 e. The number of ketones is 1. The highest BCUT2D eigenvalue weighted by atomic mass is 79.9. The molecule has 2 aromatic rings. The fourth-order valence-corrected chi connectivity index (χ4v) is 2.65. The standard InChI is InChI=1S/C14H7BrFNO2/c15-10-6-3-5-9-12(10)17(19)13(14(9)18)8-4-1-2-7-11(8)16/h1-7H. The number of carbonyl (C=O) groups excluding carboxylic acids is 1. The van der Waals surface area contributed by atoms with Gasteiger partial charge < -0.3 is 5.21 Å². The monoisotopic (exact) mass is 319 g/mol. The highest BCUT2D eigenvalue weighted by Gasteiger charge is 2.39. The van der Waals surface area contributed by atoms with Crippen LogP contribution in [0.25, 0.3) is 0 Å². The third-order valence-electron chi connectivity index (χ3n) is 2.98. The zero-order chi connectivity index (χ0) is 13.6. The summed E-state index contributed by atoms with van der Waals surface area (Å²) in [5.41, 5.74) is 0.346. The molecule has 94 valence electrons. The lowest BCUT2D eigenvalue weighted by molar-refractivity contribution is -0.356. The van der Waals surface area contributed by atoms with Crippen LogP contribution < -0.4 is 0 Å². The topological polar surface area (TPSA) is 43.1 Å². The number of nitrogens with zero attached hydrogens (tertiary/aromatic N) is 1. The minimum atomic E-state index is -0.587. The van der Waals surface area contributed by atoms with Gasteiger partial charge in [0.1, 0.15) is 11.4 Å². The van der Waals surface area contributed by atoms with Crippen LogP contribution >= 0.6 is 15.9 Å². The third-order valence-corrected chi connectivity index (χ3v) is 3.62. The molecule has 0 aromatic heterocycles. The van der Waals surface area contributed by atoms with Gasteiger partial charge in [-0.05, 0) is 40.2 Å². The number of hydrogen-bond acceptors (Lipinski definition) is 2. The largest absolute Gasteiger partial charge is 0.618 e. The summed E-state index contributed by atoms with van der Waals surface area (Å²) in [6.45, 7) is 0. The summed E-state index contributed by atoms with van der Waals surface area (Å²) in [5.74, 6) is -1.05. The number of benzene rings is 2. The molecule has 2 aromatic carbocycles. The van der Waals surface area contributed by atoms with Gasteiger partial charge >= 0.3 is 0 Å². The van der Waals surface area contributed by atoms with Crippen molar-refractivity contribution in [1.82, 2.24) is 0 Å². The molecule has 0 unspecified atom stereocenters. The van der Waals surface area contributed by atoms with Crippen molar-refractivity contribution in [3.05, 3.63) is 69.1 Å². The molecule has 5 heteroatoms. The Bertz CT molecular complexity index is 740. The molecule has 0 fully saturated rings. The Labute approximate surface area is 116 Å². The van der Waals surface area contributed by atoms with Crippen molar-refractivity contribution < 1.29 is 13.9 Å². The van der Waals surface area contributed by atoms with Crippen molar-refractivity contribution in [2.75, 3.05) is 0 Å². The highest BCUT2D eigenvalue weighted by Crippen LogP contribution is 2.35. The quantitative estimate of drug-likeness (QED) is 0.597. The Morgan fingerprint density at radius 3 is 2.42 bits per heavy atom. The molecule has 3 rings (SSSR count). The maximum atomic E-state index is 13.8. The van der Waals surface area contributed by atoms with Crippen LogP contribution in [0.5, 0.6) is 0 Å². The smallest absolute Gasteiger partial charge is 0.275 e. The average molecular weight is 320 g/mol. The zero-order valence-corrected chi connectivity index (χ0v) is 11.1. The zero-order valence-electron chi connectivity index (χ0n) is 9.56. The lowest BCUT2D eigenvalue weighted by atomic mass is 10.0. The van der Waals surface area contributed by atoms with Gasteiger partial charge in [-0.15, -0.1) is 0 Å². The maximum absolute atomic E-state index is 13.8. The Hall–Kier alpha value is -2.01. The second-order valence-electron chi connectivity index (χ2n) is 4.09. The minimum absolute atomic E-state index is 0.0191. The molecular formula is C14H7BrFNO2. The van der Waals surface area contributed by atoms with Gasteiger partial charge in [0.2, 0.25) is 5.69 Å². The fraction of sp³-hybridized carbons (Fsp3) is 0. The molecule has 0 radical (unpaired) electrons. The Kier molecular flexibility index (Phi) is 2.71. The molecule has 1 heterocycles. The molecule has 19 heavy (non-hydrogen) atoms. The summed E-state index contributed by atoms with van der Waals surface area (Å²) < 4.78 is 14.8. The molecule has 1 aliphatic heterocycles. The van der Waals surface area contributed by atoms with Gasteiger partial charge in [0, 0.05) is 0 Å². The molecule has 0 amide bonds. The number of Topliss-reactive ketones (excluding diaryl/α,β-unsaturated/α-hetero) is 1. The van der Waals surface area contributed by atoms with Crippen molar-refractivity contribution in [2.24, 2.45) is 0 Å². The maximum Gasteiger partial charge on any atom is 0.275 e. The second kappa shape index (κ2) is 4.28. The van der Waals surface area contributed by atoms with E-state index in [1.807, 2.05) is 0 Å². The van der Waals surface area contributed by atoms with E-state index in [0.29, 0.717) is 9.21 Å². The predicted molar refractivity (Wildman–Crippen MR) is 72.3 cm³/mol. The summed E-state index contributed by atoms with van der Waals surface area (Å²) in [4.78, 5) is 12.2. The number of carbonyl (C=O) groups is 1. The first kappa shape index (κ1) is 12.0. The molecule has 0 atom stereocenters. The molecule has 0 bridgehead atoms. The first-order valence-electron chi connectivity index (χ1n) is 5.53. The normalized spacial score (nSPS) is 13.9. The predicted octanol–water partition coefficient (Wildman–Crippen LogP) is 3.42. The second-order valence-corrected chi connectivity index (χ2v) is 4.94. The van der Waals surface area contributed by atoms with Crippen LogP contribution in [0.4, 0.5) is 10.1 Å². The summed E-state index contributed by atoms with van der Waals surface area (Å²) in [5, 5.41) is 12.2. The van der Waals surface area contributed by atoms with Crippen molar-refractivity contribution in [2.45, 2.75) is 0 Å². The number of rotatable bonds is 1. The van der Waals surface area contributed by atoms with Crippen LogP contribution in [0.3, 0.4) is 0 Å². The number of hydrogen-bond donors (Lipinski definition) is 0. The molecule has 0 saturated heterocycles. The van der Waals surface area contributed by atoms with Crippen LogP contribution in [0, 0.1) is 11.0 Å². The van der Waals surface area contributed by atoms with Crippen LogP contribution in [0.2, 0.25) is 0 Å². The average Bonchev–Trinajstić information content (AvgIpc) is 2.64. The van der Waals surface area contributed by atoms with E-state index in [1.165, 1.54) is 18.2 Å². The van der Waals surface area contributed by atoms with E-state index in [1.54, 1.807) is 24.3 Å². The van der Waals surface area contributed by atoms with E-state index in [2.05, 4.69) is 15.9 Å². The van der Waals surface area contributed by atoms with E-state index in [4.69, 9.17) is 0 Å². The first-order valence-corrected chi connectivity index (χ1v) is 6.33. The lowest BCUT2D eigenvalue weighted by Gasteiger charge is -2.03. The van der Waals surface area contributed by atoms with Crippen molar-refractivity contribution in [3.63, 3.8) is 0 Å². The van der Waals surface area contributed by atoms with E-state index in [-0.39, 0.29) is 22.5 Å². The van der Waals surface area contributed by atoms with E-state index in [0.717, 1.165) is 0 Å². The first-order chi connectivity index (χ1) is 9.11. The molecule has 0 saturated carbocycles.